The zero-order valence-electron chi connectivity index (χ0n) is 11.0. The van der Waals surface area contributed by atoms with E-state index in [4.69, 9.17) is 9.52 Å². The van der Waals surface area contributed by atoms with E-state index in [1.165, 1.54) is 11.8 Å². The predicted molar refractivity (Wildman–Crippen MR) is 71.7 cm³/mol. The zero-order valence-corrected chi connectivity index (χ0v) is 11.0. The van der Waals surface area contributed by atoms with Crippen molar-refractivity contribution in [3.63, 3.8) is 0 Å². The minimum absolute atomic E-state index is 0.222. The van der Waals surface area contributed by atoms with Crippen LogP contribution >= 0.6 is 0 Å². The van der Waals surface area contributed by atoms with E-state index >= 15 is 0 Å². The highest BCUT2D eigenvalue weighted by Gasteiger charge is 2.10. The second kappa shape index (κ2) is 6.84. The Morgan fingerprint density at radius 1 is 1.61 bits per heavy atom. The van der Waals surface area contributed by atoms with Gasteiger partial charge in [0.05, 0.1) is 5.56 Å². The Balaban J connectivity index is 2.41. The van der Waals surface area contributed by atoms with E-state index in [2.05, 4.69) is 19.6 Å². The lowest BCUT2D eigenvalue weighted by atomic mass is 9.99. The largest absolute Gasteiger partial charge is 0.478 e. The topological polar surface area (TPSA) is 50.4 Å². The van der Waals surface area contributed by atoms with Crippen LogP contribution in [0, 0.1) is 5.92 Å². The lowest BCUT2D eigenvalue weighted by Gasteiger charge is -2.07. The maximum Gasteiger partial charge on any atom is 0.338 e. The molecule has 3 heteroatoms. The van der Waals surface area contributed by atoms with Crippen molar-refractivity contribution in [2.75, 3.05) is 0 Å². The van der Waals surface area contributed by atoms with Crippen LogP contribution in [-0.4, -0.2) is 11.1 Å². The molecule has 0 aromatic carbocycles. The summed E-state index contributed by atoms with van der Waals surface area (Å²) >= 11 is 0. The number of rotatable bonds is 7. The van der Waals surface area contributed by atoms with Gasteiger partial charge in [0.25, 0.3) is 0 Å². The molecule has 0 radical (unpaired) electrons. The van der Waals surface area contributed by atoms with Crippen molar-refractivity contribution < 1.29 is 14.3 Å². The van der Waals surface area contributed by atoms with Crippen molar-refractivity contribution in [3.8, 4) is 0 Å². The van der Waals surface area contributed by atoms with Crippen LogP contribution in [0.3, 0.4) is 0 Å². The molecule has 98 valence electrons. The van der Waals surface area contributed by atoms with Crippen LogP contribution in [0.5, 0.6) is 0 Å². The van der Waals surface area contributed by atoms with Gasteiger partial charge in [0.2, 0.25) is 0 Å². The predicted octanol–water partition coefficient (Wildman–Crippen LogP) is 4.07. The first kappa shape index (κ1) is 14.3. The third-order valence-electron chi connectivity index (χ3n) is 2.90. The normalized spacial score (nSPS) is 13.3. The Hall–Kier alpha value is -1.77. The van der Waals surface area contributed by atoms with E-state index in [0.717, 1.165) is 25.0 Å². The molecule has 0 spiro atoms. The monoisotopic (exact) mass is 248 g/mol. The van der Waals surface area contributed by atoms with Crippen LogP contribution in [0.15, 0.2) is 41.1 Å². The van der Waals surface area contributed by atoms with Crippen LogP contribution in [0.25, 0.3) is 0 Å². The van der Waals surface area contributed by atoms with E-state index in [1.54, 1.807) is 6.07 Å². The molecule has 0 saturated heterocycles. The summed E-state index contributed by atoms with van der Waals surface area (Å²) in [4.78, 5) is 10.7. The quantitative estimate of drug-likeness (QED) is 0.740. The third-order valence-corrected chi connectivity index (χ3v) is 2.90. The van der Waals surface area contributed by atoms with E-state index in [-0.39, 0.29) is 5.56 Å². The second-order valence-electron chi connectivity index (χ2n) is 4.65. The fraction of sp³-hybridized carbons (Fsp3) is 0.400. The molecule has 1 unspecified atom stereocenters. The number of carboxylic acids is 1. The minimum atomic E-state index is -0.942. The average molecular weight is 248 g/mol. The van der Waals surface area contributed by atoms with Gasteiger partial charge in [-0.3, -0.25) is 0 Å². The van der Waals surface area contributed by atoms with Crippen molar-refractivity contribution in [1.29, 1.82) is 0 Å². The molecule has 0 aliphatic rings. The maximum absolute atomic E-state index is 10.7. The van der Waals surface area contributed by atoms with Gasteiger partial charge in [-0.15, -0.1) is 0 Å². The van der Waals surface area contributed by atoms with Crippen LogP contribution in [0.4, 0.5) is 0 Å². The molecule has 1 N–H and O–H groups in total. The van der Waals surface area contributed by atoms with Gasteiger partial charge in [-0.25, -0.2) is 4.79 Å². The number of furan rings is 1. The molecule has 0 fully saturated rings. The fourth-order valence-corrected chi connectivity index (χ4v) is 1.72. The van der Waals surface area contributed by atoms with Crippen molar-refractivity contribution in [2.24, 2.45) is 5.92 Å². The summed E-state index contributed by atoms with van der Waals surface area (Å²) in [6.07, 6.45) is 8.13. The molecule has 0 bridgehead atoms. The number of carboxylic acid groups (broad SMARTS) is 1. The van der Waals surface area contributed by atoms with Gasteiger partial charge in [-0.1, -0.05) is 31.2 Å². The van der Waals surface area contributed by atoms with Crippen molar-refractivity contribution in [1.82, 2.24) is 0 Å². The average Bonchev–Trinajstić information content (AvgIpc) is 2.77. The van der Waals surface area contributed by atoms with E-state index in [1.807, 2.05) is 13.0 Å². The first-order valence-corrected chi connectivity index (χ1v) is 6.12. The smallest absolute Gasteiger partial charge is 0.338 e. The van der Waals surface area contributed by atoms with Gasteiger partial charge >= 0.3 is 5.97 Å². The molecule has 1 aromatic rings. The Labute approximate surface area is 108 Å². The molecule has 0 aliphatic heterocycles. The first-order chi connectivity index (χ1) is 8.52. The van der Waals surface area contributed by atoms with Gasteiger partial charge in [0.15, 0.2) is 0 Å². The number of hydrogen-bond donors (Lipinski definition) is 1. The molecule has 1 heterocycles. The summed E-state index contributed by atoms with van der Waals surface area (Å²) in [7, 11) is 0. The van der Waals surface area contributed by atoms with Gasteiger partial charge < -0.3 is 9.52 Å². The molecule has 18 heavy (non-hydrogen) atoms. The van der Waals surface area contributed by atoms with Gasteiger partial charge in [-0.05, 0) is 31.7 Å². The van der Waals surface area contributed by atoms with E-state index in [9.17, 15) is 4.79 Å². The summed E-state index contributed by atoms with van der Waals surface area (Å²) in [5.41, 5.74) is 1.41. The fourth-order valence-electron chi connectivity index (χ4n) is 1.72. The van der Waals surface area contributed by atoms with Gasteiger partial charge in [0, 0.05) is 6.42 Å². The summed E-state index contributed by atoms with van der Waals surface area (Å²) in [5, 5.41) is 8.78. The molecule has 0 saturated carbocycles. The Kier molecular flexibility index (Phi) is 5.43. The van der Waals surface area contributed by atoms with E-state index < -0.39 is 5.97 Å². The highest BCUT2D eigenvalue weighted by Crippen LogP contribution is 2.17. The number of aromatic carboxylic acids is 1. The molecular weight excluding hydrogens is 228 g/mol. The van der Waals surface area contributed by atoms with Gasteiger partial charge in [-0.2, -0.15) is 0 Å². The standard InChI is InChI=1S/C15H20O3/c1-4-11(2)6-5-7-12(3)8-14-9-13(10-18-14)15(16)17/h4,6,9-10,12H,1,5,7-8H2,2-3H3,(H,16,17). The number of allylic oxidation sites excluding steroid dienone is 3. The van der Waals surface area contributed by atoms with Crippen LogP contribution < -0.4 is 0 Å². The summed E-state index contributed by atoms with van der Waals surface area (Å²) in [6, 6.07) is 1.60. The van der Waals surface area contributed by atoms with Crippen molar-refractivity contribution in [2.45, 2.75) is 33.1 Å². The van der Waals surface area contributed by atoms with Crippen molar-refractivity contribution in [3.05, 3.63) is 48.0 Å². The molecule has 1 aromatic heterocycles. The Morgan fingerprint density at radius 2 is 2.33 bits per heavy atom. The van der Waals surface area contributed by atoms with Crippen molar-refractivity contribution >= 4 is 5.97 Å². The molecule has 1 rings (SSSR count). The molecule has 3 nitrogen and oxygen atoms in total. The highest BCUT2D eigenvalue weighted by molar-refractivity contribution is 5.87. The SMILES string of the molecule is C=CC(C)=CCCC(C)Cc1cc(C(=O)O)co1. The van der Waals surface area contributed by atoms with Crippen LogP contribution in [0.1, 0.15) is 42.8 Å². The van der Waals surface area contributed by atoms with E-state index in [0.29, 0.717) is 5.92 Å². The second-order valence-corrected chi connectivity index (χ2v) is 4.65. The number of carbonyl (C=O) groups is 1. The summed E-state index contributed by atoms with van der Waals surface area (Å²) in [6.45, 7) is 7.88. The molecule has 0 amide bonds. The lowest BCUT2D eigenvalue weighted by molar-refractivity contribution is 0.0696. The summed E-state index contributed by atoms with van der Waals surface area (Å²) in [5.74, 6) is 0.262. The Bertz CT molecular complexity index is 440. The third kappa shape index (κ3) is 4.62. The van der Waals surface area contributed by atoms with Crippen LogP contribution in [-0.2, 0) is 6.42 Å². The lowest BCUT2D eigenvalue weighted by Crippen LogP contribution is -1.98. The highest BCUT2D eigenvalue weighted by atomic mass is 16.4. The summed E-state index contributed by atoms with van der Waals surface area (Å²) < 4.78 is 5.23. The first-order valence-electron chi connectivity index (χ1n) is 6.12. The minimum Gasteiger partial charge on any atom is -0.478 e. The van der Waals surface area contributed by atoms with Crippen LogP contribution in [0.2, 0.25) is 0 Å². The van der Waals surface area contributed by atoms with Gasteiger partial charge in [0.1, 0.15) is 12.0 Å². The number of hydrogen-bond acceptors (Lipinski definition) is 2. The molecule has 1 atom stereocenters. The molecule has 0 aliphatic carbocycles. The zero-order chi connectivity index (χ0) is 13.5. The maximum atomic E-state index is 10.7. The Morgan fingerprint density at radius 3 is 2.89 bits per heavy atom. The molecular formula is C15H20O3.